The molecule has 6 rings (SSSR count). The van der Waals surface area contributed by atoms with Crippen molar-refractivity contribution < 1.29 is 28.2 Å². The van der Waals surface area contributed by atoms with Gasteiger partial charge in [0.2, 0.25) is 0 Å². The van der Waals surface area contributed by atoms with Crippen LogP contribution in [0, 0.1) is 24.0 Å². The third kappa shape index (κ3) is 4.68. The molecule has 1 saturated carbocycles. The number of rotatable bonds is 7. The third-order valence-corrected chi connectivity index (χ3v) is 8.54. The van der Waals surface area contributed by atoms with Gasteiger partial charge in [-0.05, 0) is 88.6 Å². The van der Waals surface area contributed by atoms with Crippen LogP contribution < -0.4 is 10.1 Å². The lowest BCUT2D eigenvalue weighted by atomic mass is 9.79. The number of nitrogens with one attached hydrogen (secondary N) is 1. The van der Waals surface area contributed by atoms with Crippen LogP contribution in [0.25, 0.3) is 22.2 Å². The number of aromatic nitrogens is 3. The normalized spacial score (nSPS) is 19.3. The number of carbonyl (C=O) groups is 1. The summed E-state index contributed by atoms with van der Waals surface area (Å²) in [5, 5.41) is 23.0. The van der Waals surface area contributed by atoms with Gasteiger partial charge in [0.05, 0.1) is 30.6 Å². The number of nitrogens with zero attached hydrogens (tertiary/aromatic N) is 3. The molecule has 1 spiro atoms. The van der Waals surface area contributed by atoms with E-state index in [1.807, 2.05) is 13.0 Å². The highest BCUT2D eigenvalue weighted by molar-refractivity contribution is 5.99. The number of fused-ring (bicyclic) bond motifs is 1. The maximum atomic E-state index is 15.9. The first-order valence-electron chi connectivity index (χ1n) is 13.9. The van der Waals surface area contributed by atoms with Crippen molar-refractivity contribution in [1.29, 1.82) is 0 Å². The molecule has 0 unspecified atom stereocenters. The van der Waals surface area contributed by atoms with Gasteiger partial charge in [-0.1, -0.05) is 0 Å². The zero-order valence-corrected chi connectivity index (χ0v) is 23.9. The Morgan fingerprint density at radius 3 is 2.50 bits per heavy atom. The molecule has 218 valence electrons. The summed E-state index contributed by atoms with van der Waals surface area (Å²) in [5.41, 5.74) is -0.461. The summed E-state index contributed by atoms with van der Waals surface area (Å²) in [5.74, 6) is -1.07. The van der Waals surface area contributed by atoms with Crippen molar-refractivity contribution in [1.82, 2.24) is 20.5 Å². The van der Waals surface area contributed by atoms with Crippen LogP contribution in [0.15, 0.2) is 48.5 Å². The molecule has 0 radical (unpaired) electrons. The lowest BCUT2D eigenvalue weighted by Gasteiger charge is -2.36. The number of halogens is 2. The molecule has 2 aromatic carbocycles. The zero-order valence-electron chi connectivity index (χ0n) is 23.9. The molecule has 10 heteroatoms. The Labute approximate surface area is 242 Å². The van der Waals surface area contributed by atoms with E-state index in [1.165, 1.54) is 45.2 Å². The molecular formula is C32H32F2N4O4. The first kappa shape index (κ1) is 28.1. The number of aryl methyl sites for hydroxylation is 1. The number of aliphatic hydroxyl groups is 1. The van der Waals surface area contributed by atoms with Gasteiger partial charge in [-0.15, -0.1) is 5.10 Å². The summed E-state index contributed by atoms with van der Waals surface area (Å²) in [4.78, 5) is 18.3. The molecule has 1 aliphatic carbocycles. The Balaban J connectivity index is 1.42. The number of hydrogen-bond acceptors (Lipinski definition) is 7. The Bertz CT molecular complexity index is 1700. The van der Waals surface area contributed by atoms with Crippen molar-refractivity contribution in [3.8, 4) is 17.0 Å². The van der Waals surface area contributed by atoms with E-state index in [0.29, 0.717) is 40.4 Å². The molecular weight excluding hydrogens is 542 g/mol. The second kappa shape index (κ2) is 10.1. The predicted molar refractivity (Wildman–Crippen MR) is 152 cm³/mol. The molecule has 1 atom stereocenters. The minimum atomic E-state index is -1.54. The van der Waals surface area contributed by atoms with E-state index in [-0.39, 0.29) is 29.1 Å². The first-order valence-corrected chi connectivity index (χ1v) is 13.9. The zero-order chi connectivity index (χ0) is 29.9. The molecule has 1 saturated heterocycles. The summed E-state index contributed by atoms with van der Waals surface area (Å²) in [6.45, 7) is 5.34. The highest BCUT2D eigenvalue weighted by Crippen LogP contribution is 2.65. The van der Waals surface area contributed by atoms with Gasteiger partial charge in [-0.2, -0.15) is 5.10 Å². The summed E-state index contributed by atoms with van der Waals surface area (Å²) >= 11 is 0. The number of methoxy groups -OCH3 is 1. The second-order valence-electron chi connectivity index (χ2n) is 11.8. The average Bonchev–Trinajstić information content (AvgIpc) is 3.66. The van der Waals surface area contributed by atoms with E-state index in [1.54, 1.807) is 18.2 Å². The van der Waals surface area contributed by atoms with Gasteiger partial charge in [0.15, 0.2) is 5.82 Å². The van der Waals surface area contributed by atoms with E-state index >= 15 is 4.39 Å². The van der Waals surface area contributed by atoms with Crippen LogP contribution in [0.5, 0.6) is 5.75 Å². The van der Waals surface area contributed by atoms with Crippen LogP contribution in [0.3, 0.4) is 0 Å². The maximum absolute atomic E-state index is 15.9. The fourth-order valence-electron chi connectivity index (χ4n) is 6.06. The van der Waals surface area contributed by atoms with Gasteiger partial charge in [-0.25, -0.2) is 13.8 Å². The summed E-state index contributed by atoms with van der Waals surface area (Å²) in [7, 11) is 1.51. The van der Waals surface area contributed by atoms with Crippen molar-refractivity contribution in [2.45, 2.75) is 51.2 Å². The maximum Gasteiger partial charge on any atom is 0.251 e. The van der Waals surface area contributed by atoms with Gasteiger partial charge >= 0.3 is 0 Å². The minimum absolute atomic E-state index is 0.0163. The number of amides is 1. The van der Waals surface area contributed by atoms with E-state index in [0.717, 1.165) is 24.6 Å². The number of pyridine rings is 1. The van der Waals surface area contributed by atoms with Gasteiger partial charge in [0.1, 0.15) is 28.4 Å². The van der Waals surface area contributed by atoms with Crippen molar-refractivity contribution >= 4 is 16.8 Å². The molecule has 2 aromatic heterocycles. The first-order chi connectivity index (χ1) is 20.0. The van der Waals surface area contributed by atoms with Crippen LogP contribution in [0.4, 0.5) is 8.78 Å². The van der Waals surface area contributed by atoms with Gasteiger partial charge in [0, 0.05) is 34.1 Å². The molecule has 4 aromatic rings. The quantitative estimate of drug-likeness (QED) is 0.307. The molecule has 2 fully saturated rings. The van der Waals surface area contributed by atoms with Crippen LogP contribution in [0.2, 0.25) is 0 Å². The van der Waals surface area contributed by atoms with E-state index in [2.05, 4.69) is 15.5 Å². The number of benzene rings is 2. The smallest absolute Gasteiger partial charge is 0.251 e. The molecule has 1 aliphatic heterocycles. The molecule has 1 amide bonds. The number of hydrogen-bond donors (Lipinski definition) is 2. The van der Waals surface area contributed by atoms with Crippen molar-refractivity contribution in [3.05, 3.63) is 82.7 Å². The standard InChI is InChI=1S/C32H32F2N4O4/c1-18-13-20-14-21(15-24(41-4)27(20)38-37-18)29(39)35-17-32(31(9-10-31)11-12-42-32)25-16-23(30(2,3)40)26(34)28(36-25)19-5-7-22(33)8-6-19/h5-8,13-16,40H,9-12,17H2,1-4H3,(H,35,39)/t32-/m0/s1. The third-order valence-electron chi connectivity index (χ3n) is 8.54. The summed E-state index contributed by atoms with van der Waals surface area (Å²) in [6, 6.07) is 12.1. The van der Waals surface area contributed by atoms with E-state index in [4.69, 9.17) is 14.5 Å². The lowest BCUT2D eigenvalue weighted by molar-refractivity contribution is -0.0367. The van der Waals surface area contributed by atoms with Crippen molar-refractivity contribution in [2.24, 2.45) is 5.41 Å². The highest BCUT2D eigenvalue weighted by atomic mass is 19.1. The van der Waals surface area contributed by atoms with Crippen LogP contribution >= 0.6 is 0 Å². The van der Waals surface area contributed by atoms with Gasteiger partial charge in [0.25, 0.3) is 5.91 Å². The monoisotopic (exact) mass is 574 g/mol. The Morgan fingerprint density at radius 2 is 1.83 bits per heavy atom. The highest BCUT2D eigenvalue weighted by Gasteiger charge is 2.65. The summed E-state index contributed by atoms with van der Waals surface area (Å²) in [6.07, 6.45) is 2.47. The fraction of sp³-hybridized carbons (Fsp3) is 0.375. The van der Waals surface area contributed by atoms with Crippen molar-refractivity contribution in [3.63, 3.8) is 0 Å². The topological polar surface area (TPSA) is 106 Å². The van der Waals surface area contributed by atoms with E-state index in [9.17, 15) is 14.3 Å². The van der Waals surface area contributed by atoms with Crippen LogP contribution in [-0.4, -0.2) is 46.5 Å². The fourth-order valence-corrected chi connectivity index (χ4v) is 6.06. The largest absolute Gasteiger partial charge is 0.494 e. The molecule has 0 bridgehead atoms. The van der Waals surface area contributed by atoms with Gasteiger partial charge < -0.3 is 19.9 Å². The molecule has 8 nitrogen and oxygen atoms in total. The summed E-state index contributed by atoms with van der Waals surface area (Å²) < 4.78 is 41.5. The minimum Gasteiger partial charge on any atom is -0.494 e. The Morgan fingerprint density at radius 1 is 1.10 bits per heavy atom. The van der Waals surface area contributed by atoms with E-state index < -0.39 is 22.8 Å². The number of ether oxygens (including phenoxy) is 2. The van der Waals surface area contributed by atoms with Gasteiger partial charge in [-0.3, -0.25) is 4.79 Å². The molecule has 2 aliphatic rings. The molecule has 42 heavy (non-hydrogen) atoms. The predicted octanol–water partition coefficient (Wildman–Crippen LogP) is 5.34. The molecule has 2 N–H and O–H groups in total. The molecule has 3 heterocycles. The second-order valence-corrected chi connectivity index (χ2v) is 11.8. The SMILES string of the molecule is COc1cc(C(=O)NC[C@@]2(c3cc(C(C)(C)O)c(F)c(-c4ccc(F)cc4)n3)OCCC23CC3)cc2cc(C)nnc12. The Hall–Kier alpha value is -4.02. The van der Waals surface area contributed by atoms with Crippen molar-refractivity contribution in [2.75, 3.05) is 20.3 Å². The lowest BCUT2D eigenvalue weighted by Crippen LogP contribution is -2.46. The number of carbonyl (C=O) groups excluding carboxylic acids is 1. The van der Waals surface area contributed by atoms with Crippen LogP contribution in [-0.2, 0) is 15.9 Å². The Kier molecular flexibility index (Phi) is 6.74. The van der Waals surface area contributed by atoms with Crippen LogP contribution in [0.1, 0.15) is 60.4 Å². The average molecular weight is 575 g/mol.